The number of carbonyl (C=O) groups is 3. The van der Waals surface area contributed by atoms with Crippen molar-refractivity contribution in [2.45, 2.75) is 25.4 Å². The second-order valence-corrected chi connectivity index (χ2v) is 7.60. The van der Waals surface area contributed by atoms with E-state index in [1.807, 2.05) is 30.3 Å². The molecule has 4 N–H and O–H groups in total. The Morgan fingerprint density at radius 2 is 1.73 bits per heavy atom. The van der Waals surface area contributed by atoms with E-state index in [1.54, 1.807) is 5.48 Å². The summed E-state index contributed by atoms with van der Waals surface area (Å²) in [6.45, 7) is 0.323. The van der Waals surface area contributed by atoms with Gasteiger partial charge in [0.1, 0.15) is 11.9 Å². The van der Waals surface area contributed by atoms with E-state index in [0.717, 1.165) is 5.56 Å². The van der Waals surface area contributed by atoms with E-state index >= 15 is 0 Å². The van der Waals surface area contributed by atoms with Gasteiger partial charge < -0.3 is 10.6 Å². The minimum absolute atomic E-state index is 0.163. The van der Waals surface area contributed by atoms with Crippen LogP contribution in [0.2, 0.25) is 0 Å². The molecule has 3 amide bonds. The highest BCUT2D eigenvalue weighted by atomic mass is 32.2. The number of hydrogen-bond acceptors (Lipinski definition) is 5. The topological polar surface area (TPSA) is 108 Å². The predicted octanol–water partition coefficient (Wildman–Crippen LogP) is 2.26. The quantitative estimate of drug-likeness (QED) is 0.247. The van der Waals surface area contributed by atoms with Gasteiger partial charge in [0, 0.05) is 24.3 Å². The number of benzene rings is 2. The zero-order chi connectivity index (χ0) is 21.8. The lowest BCUT2D eigenvalue weighted by atomic mass is 10.2. The molecule has 0 radical (unpaired) electrons. The Labute approximate surface area is 178 Å². The highest BCUT2D eigenvalue weighted by molar-refractivity contribution is 7.99. The Morgan fingerprint density at radius 3 is 2.40 bits per heavy atom. The number of amides is 3. The van der Waals surface area contributed by atoms with E-state index in [9.17, 15) is 18.8 Å². The molecule has 0 aliphatic rings. The van der Waals surface area contributed by atoms with Crippen LogP contribution in [0, 0.1) is 5.82 Å². The van der Waals surface area contributed by atoms with Crippen molar-refractivity contribution in [3.05, 3.63) is 71.5 Å². The van der Waals surface area contributed by atoms with E-state index in [1.165, 1.54) is 36.0 Å². The van der Waals surface area contributed by atoms with Gasteiger partial charge in [0.2, 0.25) is 11.8 Å². The van der Waals surface area contributed by atoms with Crippen molar-refractivity contribution in [1.29, 1.82) is 0 Å². The van der Waals surface area contributed by atoms with Crippen molar-refractivity contribution in [2.75, 3.05) is 11.5 Å². The van der Waals surface area contributed by atoms with Crippen molar-refractivity contribution in [1.82, 2.24) is 16.1 Å². The first-order valence-corrected chi connectivity index (χ1v) is 10.5. The maximum Gasteiger partial charge on any atom is 0.251 e. The van der Waals surface area contributed by atoms with Crippen LogP contribution in [0.5, 0.6) is 0 Å². The largest absolute Gasteiger partial charge is 0.350 e. The lowest BCUT2D eigenvalue weighted by molar-refractivity contribution is -0.129. The first kappa shape index (κ1) is 23.4. The van der Waals surface area contributed by atoms with E-state index in [4.69, 9.17) is 5.21 Å². The molecule has 0 aromatic heterocycles. The van der Waals surface area contributed by atoms with Gasteiger partial charge in [0.05, 0.1) is 0 Å². The fraction of sp³-hybridized carbons (Fsp3) is 0.286. The molecule has 0 unspecified atom stereocenters. The molecule has 7 nitrogen and oxygen atoms in total. The van der Waals surface area contributed by atoms with Gasteiger partial charge in [-0.3, -0.25) is 19.6 Å². The van der Waals surface area contributed by atoms with Gasteiger partial charge in [-0.25, -0.2) is 9.87 Å². The molecule has 2 aromatic carbocycles. The van der Waals surface area contributed by atoms with Crippen LogP contribution in [0.1, 0.15) is 28.8 Å². The Hall–Kier alpha value is -2.91. The number of hydroxylamine groups is 1. The van der Waals surface area contributed by atoms with Gasteiger partial charge in [-0.15, -0.1) is 0 Å². The third-order valence-electron chi connectivity index (χ3n) is 4.14. The summed E-state index contributed by atoms with van der Waals surface area (Å²) in [6, 6.07) is 13.6. The minimum atomic E-state index is -0.803. The first-order valence-electron chi connectivity index (χ1n) is 9.38. The summed E-state index contributed by atoms with van der Waals surface area (Å²) in [5, 5.41) is 14.0. The van der Waals surface area contributed by atoms with Crippen LogP contribution < -0.4 is 16.1 Å². The summed E-state index contributed by atoms with van der Waals surface area (Å²) in [6.07, 6.45) is 0.678. The number of rotatable bonds is 11. The van der Waals surface area contributed by atoms with Gasteiger partial charge in [-0.1, -0.05) is 30.3 Å². The molecule has 160 valence electrons. The Bertz CT molecular complexity index is 834. The average Bonchev–Trinajstić information content (AvgIpc) is 2.77. The van der Waals surface area contributed by atoms with Crippen molar-refractivity contribution in [3.8, 4) is 0 Å². The fourth-order valence-corrected chi connectivity index (χ4v) is 3.51. The molecule has 2 rings (SSSR count). The fourth-order valence-electron chi connectivity index (χ4n) is 2.53. The standard InChI is InChI=1S/C21H24FN3O4S/c22-17-10-8-16(9-11-17)20(27)24-18(14-30-12-4-7-19(26)25-29)21(28)23-13-15-5-2-1-3-6-15/h1-3,5-6,8-11,18,29H,4,7,12-14H2,(H,23,28)(H,24,27)(H,25,26)/t18-/m0/s1. The van der Waals surface area contributed by atoms with Crippen LogP contribution in [0.15, 0.2) is 54.6 Å². The van der Waals surface area contributed by atoms with Crippen LogP contribution in [0.4, 0.5) is 4.39 Å². The Morgan fingerprint density at radius 1 is 1.03 bits per heavy atom. The summed E-state index contributed by atoms with van der Waals surface area (Å²) < 4.78 is 13.1. The van der Waals surface area contributed by atoms with Crippen LogP contribution >= 0.6 is 11.8 Å². The predicted molar refractivity (Wildman–Crippen MR) is 112 cm³/mol. The van der Waals surface area contributed by atoms with Gasteiger partial charge in [0.25, 0.3) is 5.91 Å². The second kappa shape index (κ2) is 12.6. The second-order valence-electron chi connectivity index (χ2n) is 6.45. The van der Waals surface area contributed by atoms with Gasteiger partial charge in [-0.2, -0.15) is 11.8 Å². The van der Waals surface area contributed by atoms with Crippen LogP contribution in [-0.4, -0.2) is 40.5 Å². The number of hydrogen-bond donors (Lipinski definition) is 4. The monoisotopic (exact) mass is 433 g/mol. The maximum absolute atomic E-state index is 13.1. The van der Waals surface area contributed by atoms with E-state index in [2.05, 4.69) is 10.6 Å². The van der Waals surface area contributed by atoms with Crippen molar-refractivity contribution in [2.24, 2.45) is 0 Å². The minimum Gasteiger partial charge on any atom is -0.350 e. The Balaban J connectivity index is 1.93. The van der Waals surface area contributed by atoms with E-state index in [0.29, 0.717) is 24.5 Å². The third kappa shape index (κ3) is 8.22. The van der Waals surface area contributed by atoms with Gasteiger partial charge in [0.15, 0.2) is 0 Å². The highest BCUT2D eigenvalue weighted by Gasteiger charge is 2.21. The summed E-state index contributed by atoms with van der Waals surface area (Å²) in [5.41, 5.74) is 2.75. The third-order valence-corrected chi connectivity index (χ3v) is 5.29. The van der Waals surface area contributed by atoms with Gasteiger partial charge >= 0.3 is 0 Å². The Kier molecular flexibility index (Phi) is 9.82. The zero-order valence-electron chi connectivity index (χ0n) is 16.3. The molecule has 0 heterocycles. The molecule has 1 atom stereocenters. The normalized spacial score (nSPS) is 11.4. The number of thioether (sulfide) groups is 1. The van der Waals surface area contributed by atoms with E-state index < -0.39 is 23.7 Å². The molecule has 0 saturated heterocycles. The molecular formula is C21H24FN3O4S. The average molecular weight is 434 g/mol. The number of halogens is 1. The SMILES string of the molecule is O=C(CCCSC[C@H](NC(=O)c1ccc(F)cc1)C(=O)NCc1ccccc1)NO. The summed E-state index contributed by atoms with van der Waals surface area (Å²) in [7, 11) is 0. The molecule has 2 aromatic rings. The van der Waals surface area contributed by atoms with Crippen molar-refractivity contribution < 1.29 is 24.0 Å². The lowest BCUT2D eigenvalue weighted by Gasteiger charge is -2.18. The van der Waals surface area contributed by atoms with Crippen molar-refractivity contribution in [3.63, 3.8) is 0 Å². The van der Waals surface area contributed by atoms with Crippen LogP contribution in [0.3, 0.4) is 0 Å². The first-order chi connectivity index (χ1) is 14.5. The van der Waals surface area contributed by atoms with E-state index in [-0.39, 0.29) is 17.9 Å². The van der Waals surface area contributed by atoms with Gasteiger partial charge in [-0.05, 0) is 42.0 Å². The summed E-state index contributed by atoms with van der Waals surface area (Å²) in [5.74, 6) is -0.870. The molecule has 0 fully saturated rings. The van der Waals surface area contributed by atoms with Crippen LogP contribution in [-0.2, 0) is 16.1 Å². The molecule has 0 saturated carbocycles. The molecular weight excluding hydrogens is 409 g/mol. The smallest absolute Gasteiger partial charge is 0.251 e. The lowest BCUT2D eigenvalue weighted by Crippen LogP contribution is -2.48. The summed E-state index contributed by atoms with van der Waals surface area (Å²) >= 11 is 1.41. The number of carbonyl (C=O) groups excluding carboxylic acids is 3. The summed E-state index contributed by atoms with van der Waals surface area (Å²) in [4.78, 5) is 36.2. The maximum atomic E-state index is 13.1. The zero-order valence-corrected chi connectivity index (χ0v) is 17.1. The molecule has 0 bridgehead atoms. The molecule has 0 aliphatic carbocycles. The molecule has 9 heteroatoms. The molecule has 0 aliphatic heterocycles. The van der Waals surface area contributed by atoms with Crippen LogP contribution in [0.25, 0.3) is 0 Å². The molecule has 30 heavy (non-hydrogen) atoms. The molecule has 0 spiro atoms. The van der Waals surface area contributed by atoms with Crippen molar-refractivity contribution >= 4 is 29.5 Å². The number of nitrogens with one attached hydrogen (secondary N) is 3. The highest BCUT2D eigenvalue weighted by Crippen LogP contribution is 2.09.